The van der Waals surface area contributed by atoms with Gasteiger partial charge < -0.3 is 10.4 Å². The van der Waals surface area contributed by atoms with Crippen LogP contribution in [0.1, 0.15) is 19.4 Å². The van der Waals surface area contributed by atoms with Gasteiger partial charge >= 0.3 is 0 Å². The van der Waals surface area contributed by atoms with Crippen LogP contribution >= 0.6 is 0 Å². The number of nitrogens with one attached hydrogen (secondary N) is 1. The topological polar surface area (TPSA) is 49.3 Å². The zero-order valence-electron chi connectivity index (χ0n) is 10.6. The maximum absolute atomic E-state index is 13.0. The van der Waals surface area contributed by atoms with Crippen LogP contribution < -0.4 is 5.32 Å². The zero-order chi connectivity index (χ0) is 13.5. The highest BCUT2D eigenvalue weighted by Gasteiger charge is 2.04. The molecule has 0 spiro atoms. The average Bonchev–Trinajstić information content (AvgIpc) is 2.35. The second kappa shape index (κ2) is 6.91. The largest absolute Gasteiger partial charge is 0.396 e. The number of carbonyl (C=O) groups is 1. The highest BCUT2D eigenvalue weighted by Crippen LogP contribution is 2.14. The average molecular weight is 251 g/mol. The number of halogens is 1. The van der Waals surface area contributed by atoms with E-state index in [-0.39, 0.29) is 24.2 Å². The molecule has 1 unspecified atom stereocenters. The van der Waals surface area contributed by atoms with Gasteiger partial charge in [0, 0.05) is 19.2 Å². The van der Waals surface area contributed by atoms with Crippen LogP contribution in [-0.4, -0.2) is 24.2 Å². The van der Waals surface area contributed by atoms with Crippen LogP contribution in [0.4, 0.5) is 4.39 Å². The van der Waals surface area contributed by atoms with Gasteiger partial charge in [-0.2, -0.15) is 0 Å². The number of amides is 1. The fourth-order valence-corrected chi connectivity index (χ4v) is 1.40. The predicted octanol–water partition coefficient (Wildman–Crippen LogP) is 1.97. The molecule has 0 bridgehead atoms. The Morgan fingerprint density at radius 3 is 2.89 bits per heavy atom. The molecule has 0 saturated heterocycles. The third-order valence-electron chi connectivity index (χ3n) is 2.56. The smallest absolute Gasteiger partial charge is 0.244 e. The third-order valence-corrected chi connectivity index (χ3v) is 2.56. The summed E-state index contributed by atoms with van der Waals surface area (Å²) in [4.78, 5) is 11.6. The standard InChI is InChI=1S/C14H18FNO2/c1-10(9-17)8-16-14(18)6-11(2)12-4-3-5-13(15)7-12/h3-7,10,17H,8-9H2,1-2H3,(H,16,18)/b11-6-. The maximum Gasteiger partial charge on any atom is 0.244 e. The van der Waals surface area contributed by atoms with Crippen LogP contribution in [0.15, 0.2) is 30.3 Å². The summed E-state index contributed by atoms with van der Waals surface area (Å²) in [6, 6.07) is 6.10. The summed E-state index contributed by atoms with van der Waals surface area (Å²) in [7, 11) is 0. The Bertz CT molecular complexity index is 443. The Morgan fingerprint density at radius 1 is 1.56 bits per heavy atom. The van der Waals surface area contributed by atoms with Gasteiger partial charge in [0.15, 0.2) is 0 Å². The number of rotatable bonds is 5. The number of benzene rings is 1. The molecule has 0 aliphatic rings. The van der Waals surface area contributed by atoms with Crippen molar-refractivity contribution >= 4 is 11.5 Å². The van der Waals surface area contributed by atoms with Gasteiger partial charge in [0.25, 0.3) is 0 Å². The Labute approximate surface area is 106 Å². The quantitative estimate of drug-likeness (QED) is 0.786. The fourth-order valence-electron chi connectivity index (χ4n) is 1.40. The molecule has 1 aromatic rings. The Balaban J connectivity index is 2.63. The summed E-state index contributed by atoms with van der Waals surface area (Å²) >= 11 is 0. The number of allylic oxidation sites excluding steroid dienone is 1. The normalized spacial score (nSPS) is 13.2. The molecule has 0 radical (unpaired) electrons. The maximum atomic E-state index is 13.0. The summed E-state index contributed by atoms with van der Waals surface area (Å²) in [5, 5.41) is 11.5. The first-order chi connectivity index (χ1) is 8.52. The van der Waals surface area contributed by atoms with Crippen molar-refractivity contribution in [3.05, 3.63) is 41.7 Å². The summed E-state index contributed by atoms with van der Waals surface area (Å²) in [6.07, 6.45) is 1.43. The Hall–Kier alpha value is -1.68. The van der Waals surface area contributed by atoms with Crippen molar-refractivity contribution in [2.24, 2.45) is 5.92 Å². The van der Waals surface area contributed by atoms with Gasteiger partial charge in [0.1, 0.15) is 5.82 Å². The first-order valence-corrected chi connectivity index (χ1v) is 5.86. The van der Waals surface area contributed by atoms with Crippen molar-refractivity contribution in [1.29, 1.82) is 0 Å². The van der Waals surface area contributed by atoms with E-state index in [2.05, 4.69) is 5.32 Å². The van der Waals surface area contributed by atoms with E-state index in [1.54, 1.807) is 19.1 Å². The first-order valence-electron chi connectivity index (χ1n) is 5.86. The number of hydrogen-bond acceptors (Lipinski definition) is 2. The lowest BCUT2D eigenvalue weighted by atomic mass is 10.1. The van der Waals surface area contributed by atoms with Gasteiger partial charge in [-0.1, -0.05) is 19.1 Å². The van der Waals surface area contributed by atoms with Gasteiger partial charge in [-0.25, -0.2) is 4.39 Å². The van der Waals surface area contributed by atoms with E-state index < -0.39 is 0 Å². The van der Waals surface area contributed by atoms with E-state index >= 15 is 0 Å². The highest BCUT2D eigenvalue weighted by atomic mass is 19.1. The van der Waals surface area contributed by atoms with Crippen LogP contribution in [0.3, 0.4) is 0 Å². The molecule has 0 aromatic heterocycles. The molecule has 0 aliphatic heterocycles. The number of aliphatic hydroxyl groups is 1. The van der Waals surface area contributed by atoms with Crippen LogP contribution in [0.5, 0.6) is 0 Å². The lowest BCUT2D eigenvalue weighted by Gasteiger charge is -2.08. The van der Waals surface area contributed by atoms with Gasteiger partial charge in [-0.3, -0.25) is 4.79 Å². The molecule has 1 atom stereocenters. The van der Waals surface area contributed by atoms with E-state index in [1.165, 1.54) is 18.2 Å². The van der Waals surface area contributed by atoms with Gasteiger partial charge in [0.05, 0.1) is 0 Å². The minimum atomic E-state index is -0.324. The van der Waals surface area contributed by atoms with Crippen LogP contribution in [0.2, 0.25) is 0 Å². The molecule has 0 saturated carbocycles. The van der Waals surface area contributed by atoms with Crippen molar-refractivity contribution in [1.82, 2.24) is 5.32 Å². The molecule has 3 nitrogen and oxygen atoms in total. The van der Waals surface area contributed by atoms with Gasteiger partial charge in [-0.15, -0.1) is 0 Å². The summed E-state index contributed by atoms with van der Waals surface area (Å²) < 4.78 is 13.0. The van der Waals surface area contributed by atoms with E-state index in [1.807, 2.05) is 6.92 Å². The van der Waals surface area contributed by atoms with Gasteiger partial charge in [0.2, 0.25) is 5.91 Å². The van der Waals surface area contributed by atoms with Crippen molar-refractivity contribution in [2.75, 3.05) is 13.2 Å². The molecular formula is C14H18FNO2. The predicted molar refractivity (Wildman–Crippen MR) is 69.3 cm³/mol. The molecule has 98 valence electrons. The van der Waals surface area contributed by atoms with E-state index in [0.29, 0.717) is 17.7 Å². The molecule has 18 heavy (non-hydrogen) atoms. The molecule has 0 heterocycles. The number of hydrogen-bond donors (Lipinski definition) is 2. The van der Waals surface area contributed by atoms with Crippen molar-refractivity contribution in [3.63, 3.8) is 0 Å². The molecule has 0 fully saturated rings. The first kappa shape index (κ1) is 14.4. The van der Waals surface area contributed by atoms with Crippen molar-refractivity contribution < 1.29 is 14.3 Å². The van der Waals surface area contributed by atoms with E-state index in [4.69, 9.17) is 5.11 Å². The number of aliphatic hydroxyl groups excluding tert-OH is 1. The Kier molecular flexibility index (Phi) is 5.52. The fraction of sp³-hybridized carbons (Fsp3) is 0.357. The molecule has 1 amide bonds. The monoisotopic (exact) mass is 251 g/mol. The minimum absolute atomic E-state index is 0.0248. The summed E-state index contributed by atoms with van der Waals surface area (Å²) in [6.45, 7) is 4.04. The van der Waals surface area contributed by atoms with Crippen LogP contribution in [0.25, 0.3) is 5.57 Å². The Morgan fingerprint density at radius 2 is 2.28 bits per heavy atom. The van der Waals surface area contributed by atoms with Crippen LogP contribution in [0, 0.1) is 11.7 Å². The van der Waals surface area contributed by atoms with Gasteiger partial charge in [-0.05, 0) is 36.1 Å². The SMILES string of the molecule is C/C(=C/C(=O)NCC(C)CO)c1cccc(F)c1. The van der Waals surface area contributed by atoms with Crippen molar-refractivity contribution in [2.45, 2.75) is 13.8 Å². The molecule has 0 aliphatic carbocycles. The third kappa shape index (κ3) is 4.67. The van der Waals surface area contributed by atoms with Crippen LogP contribution in [-0.2, 0) is 4.79 Å². The highest BCUT2D eigenvalue weighted by molar-refractivity contribution is 5.94. The molecule has 4 heteroatoms. The molecule has 2 N–H and O–H groups in total. The second-order valence-corrected chi connectivity index (χ2v) is 4.37. The number of carbonyl (C=O) groups excluding carboxylic acids is 1. The zero-order valence-corrected chi connectivity index (χ0v) is 10.6. The summed E-state index contributed by atoms with van der Waals surface area (Å²) in [5.74, 6) is -0.538. The lowest BCUT2D eigenvalue weighted by molar-refractivity contribution is -0.116. The second-order valence-electron chi connectivity index (χ2n) is 4.37. The lowest BCUT2D eigenvalue weighted by Crippen LogP contribution is -2.28. The molecule has 1 rings (SSSR count). The molecular weight excluding hydrogens is 233 g/mol. The summed E-state index contributed by atoms with van der Waals surface area (Å²) in [5.41, 5.74) is 1.38. The van der Waals surface area contributed by atoms with Crippen molar-refractivity contribution in [3.8, 4) is 0 Å². The molecule has 1 aromatic carbocycles. The minimum Gasteiger partial charge on any atom is -0.396 e. The van der Waals surface area contributed by atoms with E-state index in [0.717, 1.165) is 0 Å². The van der Waals surface area contributed by atoms with E-state index in [9.17, 15) is 9.18 Å².